The van der Waals surface area contributed by atoms with E-state index in [1.165, 1.54) is 4.90 Å². The molecular formula is C20H28BrNO5. The number of hydrogen-bond acceptors (Lipinski definition) is 4. The first-order chi connectivity index (χ1) is 12.3. The molecule has 1 aliphatic rings. The van der Waals surface area contributed by atoms with Crippen LogP contribution in [0.3, 0.4) is 0 Å². The molecule has 1 saturated heterocycles. The summed E-state index contributed by atoms with van der Waals surface area (Å²) in [5.74, 6) is -0.357. The number of halogens is 1. The summed E-state index contributed by atoms with van der Waals surface area (Å²) in [4.78, 5) is 25.3. The largest absolute Gasteiger partial charge is 0.488 e. The van der Waals surface area contributed by atoms with Crippen LogP contribution in [0.15, 0.2) is 22.7 Å². The molecule has 2 rings (SSSR count). The zero-order valence-corrected chi connectivity index (χ0v) is 18.3. The number of aliphatic carboxylic acids is 1. The number of carbonyl (C=O) groups excluding carboxylic acids is 1. The maximum atomic E-state index is 12.4. The van der Waals surface area contributed by atoms with Crippen molar-refractivity contribution in [1.82, 2.24) is 4.90 Å². The third kappa shape index (κ3) is 5.61. The van der Waals surface area contributed by atoms with Crippen molar-refractivity contribution in [2.24, 2.45) is 0 Å². The lowest BCUT2D eigenvalue weighted by Gasteiger charge is -2.27. The lowest BCUT2D eigenvalue weighted by Crippen LogP contribution is -2.43. The van der Waals surface area contributed by atoms with Gasteiger partial charge in [-0.25, -0.2) is 9.59 Å². The van der Waals surface area contributed by atoms with Crippen LogP contribution in [-0.2, 0) is 14.9 Å². The van der Waals surface area contributed by atoms with Gasteiger partial charge in [0.1, 0.15) is 23.5 Å². The Morgan fingerprint density at radius 1 is 1.19 bits per heavy atom. The van der Waals surface area contributed by atoms with E-state index in [9.17, 15) is 14.7 Å². The summed E-state index contributed by atoms with van der Waals surface area (Å²) in [6, 6.07) is 4.81. The first-order valence-electron chi connectivity index (χ1n) is 8.97. The highest BCUT2D eigenvalue weighted by molar-refractivity contribution is 9.10. The van der Waals surface area contributed by atoms with Crippen LogP contribution in [0.5, 0.6) is 5.75 Å². The molecular weight excluding hydrogens is 414 g/mol. The smallest absolute Gasteiger partial charge is 0.411 e. The zero-order valence-electron chi connectivity index (χ0n) is 16.7. The van der Waals surface area contributed by atoms with Crippen molar-refractivity contribution in [2.75, 3.05) is 6.54 Å². The Hall–Kier alpha value is -1.76. The predicted octanol–water partition coefficient (Wildman–Crippen LogP) is 4.59. The van der Waals surface area contributed by atoms with Crippen LogP contribution in [0, 0.1) is 0 Å². The summed E-state index contributed by atoms with van der Waals surface area (Å²) in [5, 5.41) is 9.52. The highest BCUT2D eigenvalue weighted by Crippen LogP contribution is 2.35. The first kappa shape index (κ1) is 21.5. The summed E-state index contributed by atoms with van der Waals surface area (Å²) in [6.07, 6.45) is -0.831. The van der Waals surface area contributed by atoms with E-state index in [2.05, 4.69) is 36.7 Å². The van der Waals surface area contributed by atoms with E-state index in [4.69, 9.17) is 9.47 Å². The van der Waals surface area contributed by atoms with Crippen molar-refractivity contribution in [1.29, 1.82) is 0 Å². The molecule has 1 amide bonds. The van der Waals surface area contributed by atoms with Gasteiger partial charge < -0.3 is 14.6 Å². The maximum absolute atomic E-state index is 12.4. The Morgan fingerprint density at radius 2 is 1.81 bits per heavy atom. The van der Waals surface area contributed by atoms with Crippen LogP contribution in [0.2, 0.25) is 0 Å². The molecule has 0 bridgehead atoms. The third-order valence-corrected chi connectivity index (χ3v) is 4.71. The zero-order chi connectivity index (χ0) is 20.6. The van der Waals surface area contributed by atoms with Crippen LogP contribution in [-0.4, -0.2) is 46.4 Å². The minimum Gasteiger partial charge on any atom is -0.488 e. The summed E-state index contributed by atoms with van der Waals surface area (Å²) in [5.41, 5.74) is 0.179. The summed E-state index contributed by atoms with van der Waals surface area (Å²) in [7, 11) is 0. The number of amides is 1. The number of carboxylic acid groups (broad SMARTS) is 1. The average Bonchev–Trinajstić information content (AvgIpc) is 2.90. The van der Waals surface area contributed by atoms with Crippen LogP contribution in [0.1, 0.15) is 53.5 Å². The quantitative estimate of drug-likeness (QED) is 0.741. The lowest BCUT2D eigenvalue weighted by molar-refractivity contribution is -0.142. The lowest BCUT2D eigenvalue weighted by atomic mass is 9.86. The molecule has 150 valence electrons. The molecule has 6 nitrogen and oxygen atoms in total. The van der Waals surface area contributed by atoms with Gasteiger partial charge in [-0.3, -0.25) is 4.90 Å². The molecule has 1 aromatic rings. The Kier molecular flexibility index (Phi) is 6.14. The van der Waals surface area contributed by atoms with E-state index >= 15 is 0 Å². The average molecular weight is 442 g/mol. The number of benzene rings is 1. The number of nitrogens with zero attached hydrogens (tertiary/aromatic N) is 1. The molecule has 1 N–H and O–H groups in total. The molecule has 0 unspecified atom stereocenters. The Morgan fingerprint density at radius 3 is 2.33 bits per heavy atom. The maximum Gasteiger partial charge on any atom is 0.411 e. The van der Waals surface area contributed by atoms with Crippen molar-refractivity contribution < 1.29 is 24.2 Å². The van der Waals surface area contributed by atoms with E-state index in [0.29, 0.717) is 5.75 Å². The molecule has 2 atom stereocenters. The fraction of sp³-hybridized carbons (Fsp3) is 0.600. The summed E-state index contributed by atoms with van der Waals surface area (Å²) < 4.78 is 12.5. The van der Waals surface area contributed by atoms with Crippen molar-refractivity contribution in [3.8, 4) is 5.75 Å². The highest BCUT2D eigenvalue weighted by Gasteiger charge is 2.43. The molecule has 0 aliphatic carbocycles. The van der Waals surface area contributed by atoms with E-state index in [0.717, 1.165) is 10.0 Å². The number of ether oxygens (including phenoxy) is 2. The number of carboxylic acids is 1. The molecule has 1 aromatic carbocycles. The van der Waals surface area contributed by atoms with Gasteiger partial charge in [-0.15, -0.1) is 0 Å². The molecule has 0 spiro atoms. The number of likely N-dealkylation sites (tertiary alicyclic amines) is 1. The molecule has 1 fully saturated rings. The molecule has 1 aliphatic heterocycles. The van der Waals surface area contributed by atoms with Crippen molar-refractivity contribution in [3.05, 3.63) is 28.2 Å². The Bertz CT molecular complexity index is 720. The second-order valence-corrected chi connectivity index (χ2v) is 9.77. The van der Waals surface area contributed by atoms with Crippen LogP contribution >= 0.6 is 15.9 Å². The Balaban J connectivity index is 2.22. The molecule has 7 heteroatoms. The number of hydrogen-bond donors (Lipinski definition) is 1. The second kappa shape index (κ2) is 7.70. The van der Waals surface area contributed by atoms with Gasteiger partial charge in [-0.1, -0.05) is 36.7 Å². The van der Waals surface area contributed by atoms with E-state index < -0.39 is 29.8 Å². The van der Waals surface area contributed by atoms with Gasteiger partial charge in [0, 0.05) is 16.5 Å². The predicted molar refractivity (Wildman–Crippen MR) is 106 cm³/mol. The van der Waals surface area contributed by atoms with Gasteiger partial charge >= 0.3 is 12.1 Å². The number of rotatable bonds is 3. The van der Waals surface area contributed by atoms with E-state index in [-0.39, 0.29) is 18.4 Å². The van der Waals surface area contributed by atoms with Gasteiger partial charge in [0.05, 0.1) is 6.54 Å². The molecule has 0 saturated carbocycles. The number of carbonyl (C=O) groups is 2. The van der Waals surface area contributed by atoms with Crippen molar-refractivity contribution >= 4 is 28.0 Å². The summed E-state index contributed by atoms with van der Waals surface area (Å²) in [6.45, 7) is 11.7. The molecule has 27 heavy (non-hydrogen) atoms. The van der Waals surface area contributed by atoms with E-state index in [1.807, 2.05) is 18.2 Å². The minimum atomic E-state index is -1.06. The monoisotopic (exact) mass is 441 g/mol. The standard InChI is InChI=1S/C20H28BrNO5/c1-19(2,3)14-9-12(21)7-8-16(14)26-13-10-15(17(23)24)22(11-13)18(25)27-20(4,5)6/h7-9,13,15H,10-11H2,1-6H3,(H,23,24)/t13-,15-/m1/s1. The van der Waals surface area contributed by atoms with Crippen LogP contribution in [0.4, 0.5) is 4.79 Å². The second-order valence-electron chi connectivity index (χ2n) is 8.85. The van der Waals surface area contributed by atoms with Crippen molar-refractivity contribution in [2.45, 2.75) is 71.1 Å². The normalized spacial score (nSPS) is 20.5. The molecule has 0 aromatic heterocycles. The van der Waals surface area contributed by atoms with Crippen LogP contribution in [0.25, 0.3) is 0 Å². The first-order valence-corrected chi connectivity index (χ1v) is 9.76. The van der Waals surface area contributed by atoms with Gasteiger partial charge in [-0.2, -0.15) is 0 Å². The topological polar surface area (TPSA) is 76.1 Å². The van der Waals surface area contributed by atoms with Gasteiger partial charge in [0.2, 0.25) is 0 Å². The van der Waals surface area contributed by atoms with Gasteiger partial charge in [0.15, 0.2) is 0 Å². The van der Waals surface area contributed by atoms with Gasteiger partial charge in [-0.05, 0) is 44.4 Å². The SMILES string of the molecule is CC(C)(C)OC(=O)N1C[C@H](Oc2ccc(Br)cc2C(C)(C)C)C[C@@H]1C(=O)O. The highest BCUT2D eigenvalue weighted by atomic mass is 79.9. The van der Waals surface area contributed by atoms with E-state index in [1.54, 1.807) is 20.8 Å². The van der Waals surface area contributed by atoms with Crippen LogP contribution < -0.4 is 4.74 Å². The Labute approximate surface area is 169 Å². The molecule has 0 radical (unpaired) electrons. The van der Waals surface area contributed by atoms with Crippen molar-refractivity contribution in [3.63, 3.8) is 0 Å². The third-order valence-electron chi connectivity index (χ3n) is 4.22. The fourth-order valence-electron chi connectivity index (χ4n) is 3.01. The summed E-state index contributed by atoms with van der Waals surface area (Å²) >= 11 is 3.48. The molecule has 1 heterocycles. The fourth-order valence-corrected chi connectivity index (χ4v) is 3.37. The van der Waals surface area contributed by atoms with Gasteiger partial charge in [0.25, 0.3) is 0 Å². The minimum absolute atomic E-state index is 0.144.